The van der Waals surface area contributed by atoms with Gasteiger partial charge in [0.05, 0.1) is 12.0 Å². The Bertz CT molecular complexity index is 1020. The first-order valence-corrected chi connectivity index (χ1v) is 11.9. The number of benzene rings is 2. The zero-order valence-electron chi connectivity index (χ0n) is 18.8. The summed E-state index contributed by atoms with van der Waals surface area (Å²) in [5, 5.41) is 2.78. The Labute approximate surface area is 190 Å². The lowest BCUT2D eigenvalue weighted by Gasteiger charge is -2.19. The predicted octanol–water partition coefficient (Wildman–Crippen LogP) is 3.13. The Morgan fingerprint density at radius 1 is 1.12 bits per heavy atom. The molecule has 0 unspecified atom stereocenters. The second-order valence-electron chi connectivity index (χ2n) is 6.86. The molecule has 9 heteroatoms. The molecular formula is C23H31N3O5S. The molecule has 0 aliphatic rings. The van der Waals surface area contributed by atoms with E-state index in [1.807, 2.05) is 0 Å². The number of rotatable bonds is 13. The van der Waals surface area contributed by atoms with Crippen molar-refractivity contribution in [2.75, 3.05) is 45.2 Å². The van der Waals surface area contributed by atoms with Gasteiger partial charge in [0.2, 0.25) is 10.0 Å². The highest BCUT2D eigenvalue weighted by Crippen LogP contribution is 2.30. The van der Waals surface area contributed by atoms with Crippen LogP contribution in [0.25, 0.3) is 0 Å². The Kier molecular flexibility index (Phi) is 9.70. The van der Waals surface area contributed by atoms with Crippen molar-refractivity contribution in [3.8, 4) is 11.5 Å². The van der Waals surface area contributed by atoms with Crippen molar-refractivity contribution >= 4 is 21.6 Å². The lowest BCUT2D eigenvalue weighted by molar-refractivity contribution is 0.102. The highest BCUT2D eigenvalue weighted by atomic mass is 32.2. The molecule has 2 rings (SSSR count). The van der Waals surface area contributed by atoms with Gasteiger partial charge in [0.1, 0.15) is 6.61 Å². The Morgan fingerprint density at radius 3 is 2.53 bits per heavy atom. The van der Waals surface area contributed by atoms with E-state index in [9.17, 15) is 13.2 Å². The van der Waals surface area contributed by atoms with E-state index in [-0.39, 0.29) is 17.0 Å². The number of ether oxygens (including phenoxy) is 2. The molecule has 0 heterocycles. The van der Waals surface area contributed by atoms with E-state index in [1.165, 1.54) is 24.3 Å². The average Bonchev–Trinajstić information content (AvgIpc) is 2.81. The van der Waals surface area contributed by atoms with Crippen molar-refractivity contribution in [3.63, 3.8) is 0 Å². The number of sulfonamides is 1. The first-order valence-electron chi connectivity index (χ1n) is 10.4. The molecule has 0 bridgehead atoms. The summed E-state index contributed by atoms with van der Waals surface area (Å²) >= 11 is 0. The SMILES string of the molecule is C=CCNS(=O)(=O)c1cccc(C(=O)Nc2ccc(OC)c(OCCN(CC)CC)c2)c1. The standard InChI is InChI=1S/C23H31N3O5S/c1-5-13-24-32(28,29)20-10-8-9-18(16-20)23(27)25-19-11-12-21(30-4)22(17-19)31-15-14-26(6-2)7-3/h5,8-12,16-17,24H,1,6-7,13-15H2,2-4H3,(H,25,27). The molecule has 2 N–H and O–H groups in total. The second-order valence-corrected chi connectivity index (χ2v) is 8.63. The summed E-state index contributed by atoms with van der Waals surface area (Å²) in [4.78, 5) is 15.0. The smallest absolute Gasteiger partial charge is 0.255 e. The first kappa shape index (κ1) is 25.4. The zero-order chi connectivity index (χ0) is 23.6. The minimum absolute atomic E-state index is 0.00200. The van der Waals surface area contributed by atoms with Crippen molar-refractivity contribution in [3.05, 3.63) is 60.7 Å². The number of hydrogen-bond acceptors (Lipinski definition) is 6. The van der Waals surface area contributed by atoms with Gasteiger partial charge in [-0.15, -0.1) is 6.58 Å². The molecule has 0 atom stereocenters. The quantitative estimate of drug-likeness (QED) is 0.445. The summed E-state index contributed by atoms with van der Waals surface area (Å²) in [5.41, 5.74) is 0.720. The van der Waals surface area contributed by atoms with E-state index < -0.39 is 15.9 Å². The molecule has 0 fully saturated rings. The molecule has 0 aromatic heterocycles. The van der Waals surface area contributed by atoms with Gasteiger partial charge in [-0.3, -0.25) is 4.79 Å². The minimum atomic E-state index is -3.73. The van der Waals surface area contributed by atoms with Crippen LogP contribution in [0.3, 0.4) is 0 Å². The zero-order valence-corrected chi connectivity index (χ0v) is 19.6. The topological polar surface area (TPSA) is 97.0 Å². The van der Waals surface area contributed by atoms with Crippen molar-refractivity contribution in [1.29, 1.82) is 0 Å². The van der Waals surface area contributed by atoms with E-state index in [2.05, 4.69) is 35.4 Å². The summed E-state index contributed by atoms with van der Waals surface area (Å²) < 4.78 is 38.2. The highest BCUT2D eigenvalue weighted by Gasteiger charge is 2.16. The van der Waals surface area contributed by atoms with E-state index >= 15 is 0 Å². The van der Waals surface area contributed by atoms with Gasteiger partial charge >= 0.3 is 0 Å². The van der Waals surface area contributed by atoms with Crippen LogP contribution in [0, 0.1) is 0 Å². The average molecular weight is 462 g/mol. The Balaban J connectivity index is 2.14. The van der Waals surface area contributed by atoms with Crippen LogP contribution in [0.1, 0.15) is 24.2 Å². The van der Waals surface area contributed by atoms with Gasteiger partial charge < -0.3 is 19.7 Å². The van der Waals surface area contributed by atoms with Crippen LogP contribution in [-0.4, -0.2) is 59.1 Å². The fourth-order valence-electron chi connectivity index (χ4n) is 2.95. The number of hydrogen-bond donors (Lipinski definition) is 2. The molecule has 8 nitrogen and oxygen atoms in total. The van der Waals surface area contributed by atoms with Gasteiger partial charge in [-0.25, -0.2) is 13.1 Å². The van der Waals surface area contributed by atoms with Gasteiger partial charge in [-0.2, -0.15) is 0 Å². The predicted molar refractivity (Wildman–Crippen MR) is 126 cm³/mol. The molecule has 0 saturated carbocycles. The molecule has 2 aromatic rings. The molecule has 0 saturated heterocycles. The van der Waals surface area contributed by atoms with Crippen LogP contribution in [0.15, 0.2) is 60.0 Å². The lowest BCUT2D eigenvalue weighted by Crippen LogP contribution is -2.28. The van der Waals surface area contributed by atoms with Gasteiger partial charge in [-0.1, -0.05) is 26.0 Å². The van der Waals surface area contributed by atoms with Crippen LogP contribution in [0.4, 0.5) is 5.69 Å². The van der Waals surface area contributed by atoms with Gasteiger partial charge in [0, 0.05) is 30.4 Å². The molecule has 174 valence electrons. The Hall–Kier alpha value is -2.88. The maximum absolute atomic E-state index is 12.7. The van der Waals surface area contributed by atoms with Crippen molar-refractivity contribution in [2.45, 2.75) is 18.7 Å². The third-order valence-electron chi connectivity index (χ3n) is 4.81. The maximum atomic E-state index is 12.7. The number of anilines is 1. The van der Waals surface area contributed by atoms with Gasteiger partial charge in [0.25, 0.3) is 5.91 Å². The summed E-state index contributed by atoms with van der Waals surface area (Å²) in [6.07, 6.45) is 1.44. The summed E-state index contributed by atoms with van der Waals surface area (Å²) in [5.74, 6) is 0.636. The summed E-state index contributed by atoms with van der Waals surface area (Å²) in [6.45, 7) is 10.9. The van der Waals surface area contributed by atoms with E-state index in [0.717, 1.165) is 19.6 Å². The van der Waals surface area contributed by atoms with Crippen LogP contribution in [0.2, 0.25) is 0 Å². The van der Waals surface area contributed by atoms with E-state index in [0.29, 0.717) is 23.8 Å². The number of methoxy groups -OCH3 is 1. The molecule has 0 aliphatic carbocycles. The van der Waals surface area contributed by atoms with E-state index in [4.69, 9.17) is 9.47 Å². The van der Waals surface area contributed by atoms with Crippen LogP contribution in [-0.2, 0) is 10.0 Å². The van der Waals surface area contributed by atoms with Crippen LogP contribution >= 0.6 is 0 Å². The van der Waals surface area contributed by atoms with Crippen LogP contribution in [0.5, 0.6) is 11.5 Å². The maximum Gasteiger partial charge on any atom is 0.255 e. The number of amides is 1. The van der Waals surface area contributed by atoms with Crippen molar-refractivity contribution < 1.29 is 22.7 Å². The summed E-state index contributed by atoms with van der Waals surface area (Å²) in [7, 11) is -2.18. The highest BCUT2D eigenvalue weighted by molar-refractivity contribution is 7.89. The second kappa shape index (κ2) is 12.2. The molecular weight excluding hydrogens is 430 g/mol. The first-order chi connectivity index (χ1) is 15.3. The number of likely N-dealkylation sites (N-methyl/N-ethyl adjacent to an activating group) is 1. The number of carbonyl (C=O) groups is 1. The molecule has 0 aliphatic heterocycles. The third kappa shape index (κ3) is 7.08. The fourth-order valence-corrected chi connectivity index (χ4v) is 4.00. The van der Waals surface area contributed by atoms with Crippen LogP contribution < -0.4 is 19.5 Å². The number of carbonyl (C=O) groups excluding carboxylic acids is 1. The molecule has 2 aromatic carbocycles. The molecule has 32 heavy (non-hydrogen) atoms. The fraction of sp³-hybridized carbons (Fsp3) is 0.348. The number of nitrogens with one attached hydrogen (secondary N) is 2. The molecule has 0 spiro atoms. The largest absolute Gasteiger partial charge is 0.493 e. The normalized spacial score (nSPS) is 11.2. The van der Waals surface area contributed by atoms with Crippen molar-refractivity contribution in [2.24, 2.45) is 0 Å². The van der Waals surface area contributed by atoms with Crippen molar-refractivity contribution in [1.82, 2.24) is 9.62 Å². The Morgan fingerprint density at radius 2 is 1.88 bits per heavy atom. The summed E-state index contributed by atoms with van der Waals surface area (Å²) in [6, 6.07) is 10.9. The van der Waals surface area contributed by atoms with Gasteiger partial charge in [0.15, 0.2) is 11.5 Å². The lowest BCUT2D eigenvalue weighted by atomic mass is 10.2. The van der Waals surface area contributed by atoms with Gasteiger partial charge in [-0.05, 0) is 43.4 Å². The third-order valence-corrected chi connectivity index (χ3v) is 6.23. The monoisotopic (exact) mass is 461 g/mol. The molecule has 1 amide bonds. The van der Waals surface area contributed by atoms with E-state index in [1.54, 1.807) is 31.4 Å². The molecule has 0 radical (unpaired) electrons. The number of nitrogens with zero attached hydrogens (tertiary/aromatic N) is 1. The minimum Gasteiger partial charge on any atom is -0.493 e.